The highest BCUT2D eigenvalue weighted by molar-refractivity contribution is 5.96. The van der Waals surface area contributed by atoms with Crippen LogP contribution in [-0.2, 0) is 9.53 Å². The van der Waals surface area contributed by atoms with Gasteiger partial charge in [0.2, 0.25) is 0 Å². The Kier molecular flexibility index (Phi) is 5.96. The Hall–Kier alpha value is -2.11. The van der Waals surface area contributed by atoms with Crippen molar-refractivity contribution in [2.45, 2.75) is 13.8 Å². The summed E-state index contributed by atoms with van der Waals surface area (Å²) >= 11 is 0. The van der Waals surface area contributed by atoms with Gasteiger partial charge in [-0.3, -0.25) is 9.59 Å². The van der Waals surface area contributed by atoms with Crippen LogP contribution in [0.3, 0.4) is 0 Å². The van der Waals surface area contributed by atoms with Gasteiger partial charge in [0.15, 0.2) is 11.6 Å². The lowest BCUT2D eigenvalue weighted by atomic mass is 10.2. The summed E-state index contributed by atoms with van der Waals surface area (Å²) in [6.07, 6.45) is 0. The third kappa shape index (κ3) is 3.94. The van der Waals surface area contributed by atoms with Gasteiger partial charge in [-0.05, 0) is 32.0 Å². The number of carbonyl (C=O) groups is 2. The molecular formula is C14H18FNO4. The molecule has 1 aromatic rings. The molecule has 0 aromatic heterocycles. The van der Waals surface area contributed by atoms with Crippen molar-refractivity contribution in [3.63, 3.8) is 0 Å². The molecule has 0 aliphatic carbocycles. The van der Waals surface area contributed by atoms with Crippen molar-refractivity contribution in [2.24, 2.45) is 0 Å². The molecular weight excluding hydrogens is 265 g/mol. The van der Waals surface area contributed by atoms with Gasteiger partial charge >= 0.3 is 5.97 Å². The summed E-state index contributed by atoms with van der Waals surface area (Å²) in [4.78, 5) is 24.9. The first-order valence-electron chi connectivity index (χ1n) is 6.31. The molecule has 5 nitrogen and oxygen atoms in total. The van der Waals surface area contributed by atoms with Crippen LogP contribution in [0.15, 0.2) is 18.2 Å². The van der Waals surface area contributed by atoms with Crippen LogP contribution >= 0.6 is 0 Å². The summed E-state index contributed by atoms with van der Waals surface area (Å²) < 4.78 is 23.2. The van der Waals surface area contributed by atoms with E-state index in [1.165, 1.54) is 24.1 Å². The molecule has 1 rings (SSSR count). The summed E-state index contributed by atoms with van der Waals surface area (Å²) in [5.74, 6) is -1.47. The van der Waals surface area contributed by atoms with Gasteiger partial charge in [0.25, 0.3) is 5.91 Å². The Morgan fingerprint density at radius 2 is 2.00 bits per heavy atom. The predicted molar refractivity (Wildman–Crippen MR) is 71.2 cm³/mol. The molecule has 0 unspecified atom stereocenters. The molecule has 0 atom stereocenters. The highest BCUT2D eigenvalue weighted by atomic mass is 19.1. The van der Waals surface area contributed by atoms with E-state index in [-0.39, 0.29) is 24.5 Å². The van der Waals surface area contributed by atoms with Crippen molar-refractivity contribution >= 4 is 11.9 Å². The van der Waals surface area contributed by atoms with Crippen LogP contribution in [0.25, 0.3) is 0 Å². The van der Waals surface area contributed by atoms with Crippen molar-refractivity contribution in [3.05, 3.63) is 29.6 Å². The standard InChI is InChI=1S/C14H18FNO4/c1-4-16(9-13(17)20-5-2)14(18)10-6-7-12(19-3)11(15)8-10/h6-8H,4-5,9H2,1-3H3. The van der Waals surface area contributed by atoms with Crippen LogP contribution in [0.4, 0.5) is 4.39 Å². The van der Waals surface area contributed by atoms with Crippen LogP contribution in [-0.4, -0.2) is 43.6 Å². The SMILES string of the molecule is CCOC(=O)CN(CC)C(=O)c1ccc(OC)c(F)c1. The minimum Gasteiger partial charge on any atom is -0.494 e. The van der Waals surface area contributed by atoms with Crippen molar-refractivity contribution < 1.29 is 23.5 Å². The number of hydrogen-bond donors (Lipinski definition) is 0. The highest BCUT2D eigenvalue weighted by Gasteiger charge is 2.19. The van der Waals surface area contributed by atoms with Crippen molar-refractivity contribution in [1.82, 2.24) is 4.90 Å². The molecule has 6 heteroatoms. The molecule has 0 saturated heterocycles. The molecule has 0 heterocycles. The van der Waals surface area contributed by atoms with Crippen molar-refractivity contribution in [3.8, 4) is 5.75 Å². The van der Waals surface area contributed by atoms with E-state index in [4.69, 9.17) is 9.47 Å². The molecule has 0 bridgehead atoms. The maximum atomic E-state index is 13.6. The van der Waals surface area contributed by atoms with Crippen LogP contribution in [0.1, 0.15) is 24.2 Å². The Morgan fingerprint density at radius 1 is 1.30 bits per heavy atom. The molecule has 1 amide bonds. The third-order valence-corrected chi connectivity index (χ3v) is 2.69. The predicted octanol–water partition coefficient (Wildman–Crippen LogP) is 1.86. The lowest BCUT2D eigenvalue weighted by Crippen LogP contribution is -2.36. The fraction of sp³-hybridized carbons (Fsp3) is 0.429. The monoisotopic (exact) mass is 283 g/mol. The van der Waals surface area contributed by atoms with E-state index >= 15 is 0 Å². The Morgan fingerprint density at radius 3 is 2.50 bits per heavy atom. The second-order valence-corrected chi connectivity index (χ2v) is 3.97. The molecule has 0 fully saturated rings. The maximum absolute atomic E-state index is 13.6. The van der Waals surface area contributed by atoms with Crippen molar-refractivity contribution in [2.75, 3.05) is 26.8 Å². The van der Waals surface area contributed by atoms with E-state index in [2.05, 4.69) is 0 Å². The molecule has 0 radical (unpaired) electrons. The van der Waals surface area contributed by atoms with E-state index in [1.54, 1.807) is 13.8 Å². The first kappa shape index (κ1) is 15.9. The molecule has 0 aliphatic heterocycles. The Labute approximate surface area is 117 Å². The molecule has 20 heavy (non-hydrogen) atoms. The number of methoxy groups -OCH3 is 1. The van der Waals surface area contributed by atoms with Gasteiger partial charge in [-0.25, -0.2) is 4.39 Å². The fourth-order valence-corrected chi connectivity index (χ4v) is 1.67. The van der Waals surface area contributed by atoms with Crippen molar-refractivity contribution in [1.29, 1.82) is 0 Å². The second-order valence-electron chi connectivity index (χ2n) is 3.97. The number of benzene rings is 1. The van der Waals surface area contributed by atoms with Gasteiger partial charge in [0.05, 0.1) is 13.7 Å². The maximum Gasteiger partial charge on any atom is 0.325 e. The van der Waals surface area contributed by atoms with Gasteiger partial charge < -0.3 is 14.4 Å². The first-order valence-corrected chi connectivity index (χ1v) is 6.31. The zero-order valence-electron chi connectivity index (χ0n) is 11.8. The molecule has 110 valence electrons. The summed E-state index contributed by atoms with van der Waals surface area (Å²) in [7, 11) is 1.35. The molecule has 0 saturated carbocycles. The van der Waals surface area contributed by atoms with Crippen LogP contribution < -0.4 is 4.74 Å². The van der Waals surface area contributed by atoms with E-state index in [9.17, 15) is 14.0 Å². The Balaban J connectivity index is 2.85. The lowest BCUT2D eigenvalue weighted by Gasteiger charge is -2.20. The summed E-state index contributed by atoms with van der Waals surface area (Å²) in [6.45, 7) is 3.84. The zero-order chi connectivity index (χ0) is 15.1. The first-order chi connectivity index (χ1) is 9.53. The molecule has 0 spiro atoms. The minimum atomic E-state index is -0.620. The van der Waals surface area contributed by atoms with Gasteiger partial charge in [-0.2, -0.15) is 0 Å². The summed E-state index contributed by atoms with van der Waals surface area (Å²) in [5, 5.41) is 0. The van der Waals surface area contributed by atoms with E-state index < -0.39 is 17.7 Å². The normalized spacial score (nSPS) is 10.0. The number of likely N-dealkylation sites (N-methyl/N-ethyl adjacent to an activating group) is 1. The number of hydrogen-bond acceptors (Lipinski definition) is 4. The fourth-order valence-electron chi connectivity index (χ4n) is 1.67. The van der Waals surface area contributed by atoms with Gasteiger partial charge in [0.1, 0.15) is 6.54 Å². The number of esters is 1. The van der Waals surface area contributed by atoms with Crippen LogP contribution in [0, 0.1) is 5.82 Å². The average Bonchev–Trinajstić information content (AvgIpc) is 2.44. The Bertz CT molecular complexity index is 490. The van der Waals surface area contributed by atoms with E-state index in [0.29, 0.717) is 6.54 Å². The summed E-state index contributed by atoms with van der Waals surface area (Å²) in [6, 6.07) is 3.92. The largest absolute Gasteiger partial charge is 0.494 e. The summed E-state index contributed by atoms with van der Waals surface area (Å²) in [5.41, 5.74) is 0.162. The molecule has 1 aromatic carbocycles. The van der Waals surface area contributed by atoms with Crippen LogP contribution in [0.2, 0.25) is 0 Å². The molecule has 0 aliphatic rings. The number of nitrogens with zero attached hydrogens (tertiary/aromatic N) is 1. The number of rotatable bonds is 6. The number of carbonyl (C=O) groups excluding carboxylic acids is 2. The van der Waals surface area contributed by atoms with Crippen LogP contribution in [0.5, 0.6) is 5.75 Å². The van der Waals surface area contributed by atoms with Gasteiger partial charge in [-0.15, -0.1) is 0 Å². The number of ether oxygens (including phenoxy) is 2. The van der Waals surface area contributed by atoms with Gasteiger partial charge in [0, 0.05) is 12.1 Å². The topological polar surface area (TPSA) is 55.8 Å². The quantitative estimate of drug-likeness (QED) is 0.748. The highest BCUT2D eigenvalue weighted by Crippen LogP contribution is 2.18. The number of amides is 1. The average molecular weight is 283 g/mol. The van der Waals surface area contributed by atoms with Gasteiger partial charge in [-0.1, -0.05) is 0 Å². The van der Waals surface area contributed by atoms with E-state index in [0.717, 1.165) is 6.07 Å². The lowest BCUT2D eigenvalue weighted by molar-refractivity contribution is -0.143. The second kappa shape index (κ2) is 7.47. The smallest absolute Gasteiger partial charge is 0.325 e. The minimum absolute atomic E-state index is 0.0648. The number of halogens is 1. The van der Waals surface area contributed by atoms with E-state index in [1.807, 2.05) is 0 Å². The third-order valence-electron chi connectivity index (χ3n) is 2.69. The molecule has 0 N–H and O–H groups in total. The zero-order valence-corrected chi connectivity index (χ0v) is 11.8.